The number of piperidine rings is 1. The zero-order valence-corrected chi connectivity index (χ0v) is 23.4. The number of aromatic nitrogens is 4. The summed E-state index contributed by atoms with van der Waals surface area (Å²) in [6.07, 6.45) is 8.36. The standard InChI is InChI=1S/C27H39N7O3S/c1-19(2)23-17-30-34-25(23)31-27-32-26(34)29-16-21-15-22(38(3,35)36)7-8-24(21)37-14-6-4-5-13-33(27)18-20-9-11-28-12-10-20/h7-8,15,17,19-20,28H,4-6,9-14,16,18H2,1-3H3,(H,29,31,32). The van der Waals surface area contributed by atoms with E-state index in [0.717, 1.165) is 81.0 Å². The fraction of sp³-hybridized carbons (Fsp3) is 0.593. The van der Waals surface area contributed by atoms with E-state index in [4.69, 9.17) is 14.7 Å². The van der Waals surface area contributed by atoms with Gasteiger partial charge in [-0.1, -0.05) is 13.8 Å². The van der Waals surface area contributed by atoms with Crippen molar-refractivity contribution in [3.63, 3.8) is 0 Å². The maximum absolute atomic E-state index is 12.3. The summed E-state index contributed by atoms with van der Waals surface area (Å²) < 4.78 is 32.4. The smallest absolute Gasteiger partial charge is 0.230 e. The lowest BCUT2D eigenvalue weighted by Gasteiger charge is -2.30. The third-order valence-corrected chi connectivity index (χ3v) is 8.56. The molecule has 0 spiro atoms. The van der Waals surface area contributed by atoms with Gasteiger partial charge in [0.1, 0.15) is 5.75 Å². The minimum Gasteiger partial charge on any atom is -0.493 e. The first-order valence-corrected chi connectivity index (χ1v) is 15.6. The van der Waals surface area contributed by atoms with Gasteiger partial charge < -0.3 is 20.3 Å². The molecular weight excluding hydrogens is 502 g/mol. The highest BCUT2D eigenvalue weighted by Gasteiger charge is 2.23. The van der Waals surface area contributed by atoms with Gasteiger partial charge >= 0.3 is 0 Å². The van der Waals surface area contributed by atoms with E-state index in [9.17, 15) is 8.42 Å². The Kier molecular flexibility index (Phi) is 8.04. The van der Waals surface area contributed by atoms with Gasteiger partial charge in [0.25, 0.3) is 0 Å². The van der Waals surface area contributed by atoms with Gasteiger partial charge in [0.15, 0.2) is 15.5 Å². The van der Waals surface area contributed by atoms with E-state index in [-0.39, 0.29) is 10.8 Å². The fourth-order valence-electron chi connectivity index (χ4n) is 5.20. The topological polar surface area (TPSA) is 114 Å². The normalized spacial score (nSPS) is 18.1. The molecule has 2 aliphatic rings. The van der Waals surface area contributed by atoms with Crippen molar-refractivity contribution in [2.45, 2.75) is 63.3 Å². The van der Waals surface area contributed by atoms with Gasteiger partial charge in [-0.25, -0.2) is 8.42 Å². The van der Waals surface area contributed by atoms with Gasteiger partial charge in [-0.3, -0.25) is 0 Å². The van der Waals surface area contributed by atoms with E-state index in [1.54, 1.807) is 22.7 Å². The van der Waals surface area contributed by atoms with Crippen molar-refractivity contribution in [3.8, 4) is 5.75 Å². The number of ether oxygens (including phenoxy) is 1. The molecule has 0 atom stereocenters. The zero-order chi connectivity index (χ0) is 26.7. The van der Waals surface area contributed by atoms with Crippen molar-refractivity contribution in [2.24, 2.45) is 5.92 Å². The SMILES string of the molecule is CC(C)c1cnn2c3nc(nc12)N(CC1CCNCC1)CCCCCOc1ccc(S(C)(=O)=O)cc1CN3. The molecule has 4 heterocycles. The summed E-state index contributed by atoms with van der Waals surface area (Å²) in [5, 5.41) is 11.5. The number of nitrogens with zero attached hydrogens (tertiary/aromatic N) is 5. The third kappa shape index (κ3) is 6.04. The molecule has 2 bridgehead atoms. The molecule has 2 N–H and O–H groups in total. The van der Waals surface area contributed by atoms with Crippen LogP contribution in [-0.4, -0.2) is 67.0 Å². The van der Waals surface area contributed by atoms with Crippen LogP contribution in [0.25, 0.3) is 5.65 Å². The lowest BCUT2D eigenvalue weighted by Crippen LogP contribution is -2.37. The number of sulfone groups is 1. The van der Waals surface area contributed by atoms with Crippen LogP contribution >= 0.6 is 0 Å². The summed E-state index contributed by atoms with van der Waals surface area (Å²) >= 11 is 0. The Morgan fingerprint density at radius 1 is 1.13 bits per heavy atom. The molecule has 2 aromatic heterocycles. The first kappa shape index (κ1) is 26.7. The molecule has 11 heteroatoms. The molecule has 0 unspecified atom stereocenters. The van der Waals surface area contributed by atoms with Crippen LogP contribution in [0.2, 0.25) is 0 Å². The van der Waals surface area contributed by atoms with Gasteiger partial charge in [0.2, 0.25) is 11.9 Å². The molecule has 1 saturated heterocycles. The lowest BCUT2D eigenvalue weighted by molar-refractivity contribution is 0.302. The first-order valence-electron chi connectivity index (χ1n) is 13.7. The Morgan fingerprint density at radius 2 is 1.95 bits per heavy atom. The summed E-state index contributed by atoms with van der Waals surface area (Å²) in [4.78, 5) is 12.6. The van der Waals surface area contributed by atoms with Crippen LogP contribution in [0, 0.1) is 5.92 Å². The monoisotopic (exact) mass is 541 g/mol. The number of hydrogen-bond donors (Lipinski definition) is 2. The molecule has 1 fully saturated rings. The third-order valence-electron chi connectivity index (χ3n) is 7.45. The molecule has 1 aromatic carbocycles. The number of nitrogens with one attached hydrogen (secondary N) is 2. The van der Waals surface area contributed by atoms with Crippen molar-refractivity contribution in [2.75, 3.05) is 49.3 Å². The van der Waals surface area contributed by atoms with Crippen LogP contribution in [0.15, 0.2) is 29.3 Å². The second-order valence-corrected chi connectivity index (χ2v) is 12.8. The van der Waals surface area contributed by atoms with E-state index >= 15 is 0 Å². The van der Waals surface area contributed by atoms with Crippen LogP contribution in [0.5, 0.6) is 5.75 Å². The van der Waals surface area contributed by atoms with Crippen molar-refractivity contribution < 1.29 is 13.2 Å². The molecule has 0 saturated carbocycles. The highest BCUT2D eigenvalue weighted by atomic mass is 32.2. The summed E-state index contributed by atoms with van der Waals surface area (Å²) in [5.41, 5.74) is 2.64. The minimum atomic E-state index is -3.35. The minimum absolute atomic E-state index is 0.262. The molecule has 0 amide bonds. The van der Waals surface area contributed by atoms with Crippen LogP contribution < -0.4 is 20.3 Å². The van der Waals surface area contributed by atoms with Crippen LogP contribution in [0.3, 0.4) is 0 Å². The van der Waals surface area contributed by atoms with Crippen molar-refractivity contribution in [1.82, 2.24) is 24.9 Å². The highest BCUT2D eigenvalue weighted by Crippen LogP contribution is 2.28. The maximum Gasteiger partial charge on any atom is 0.230 e. The van der Waals surface area contributed by atoms with Crippen molar-refractivity contribution in [3.05, 3.63) is 35.5 Å². The van der Waals surface area contributed by atoms with Crippen LogP contribution in [0.4, 0.5) is 11.9 Å². The molecule has 5 rings (SSSR count). The van der Waals surface area contributed by atoms with Crippen LogP contribution in [0.1, 0.15) is 63.0 Å². The number of rotatable bonds is 4. The maximum atomic E-state index is 12.3. The van der Waals surface area contributed by atoms with E-state index in [1.165, 1.54) is 6.26 Å². The predicted molar refractivity (Wildman–Crippen MR) is 149 cm³/mol. The Bertz CT molecular complexity index is 1370. The second kappa shape index (κ2) is 11.4. The fourth-order valence-corrected chi connectivity index (χ4v) is 5.87. The molecule has 38 heavy (non-hydrogen) atoms. The molecule has 10 nitrogen and oxygen atoms in total. The molecule has 206 valence electrons. The molecule has 3 aromatic rings. The highest BCUT2D eigenvalue weighted by molar-refractivity contribution is 7.90. The number of benzene rings is 1. The Hall–Kier alpha value is -2.92. The van der Waals surface area contributed by atoms with Gasteiger partial charge in [-0.2, -0.15) is 19.6 Å². The van der Waals surface area contributed by atoms with E-state index in [0.29, 0.717) is 30.8 Å². The summed E-state index contributed by atoms with van der Waals surface area (Å²) in [7, 11) is -3.35. The van der Waals surface area contributed by atoms with Crippen molar-refractivity contribution >= 4 is 27.4 Å². The number of anilines is 2. The lowest BCUT2D eigenvalue weighted by atomic mass is 9.97. The zero-order valence-electron chi connectivity index (χ0n) is 22.6. The number of fused-ring (bicyclic) bond motifs is 5. The van der Waals surface area contributed by atoms with Crippen LogP contribution in [-0.2, 0) is 16.4 Å². The number of hydrogen-bond acceptors (Lipinski definition) is 9. The van der Waals surface area contributed by atoms with Gasteiger partial charge in [0.05, 0.1) is 17.7 Å². The predicted octanol–water partition coefficient (Wildman–Crippen LogP) is 3.63. The Morgan fingerprint density at radius 3 is 2.71 bits per heavy atom. The van der Waals surface area contributed by atoms with E-state index in [2.05, 4.69) is 34.5 Å². The second-order valence-electron chi connectivity index (χ2n) is 10.8. The van der Waals surface area contributed by atoms with Gasteiger partial charge in [-0.15, -0.1) is 0 Å². The first-order chi connectivity index (χ1) is 18.3. The van der Waals surface area contributed by atoms with Gasteiger partial charge in [0, 0.05) is 37.0 Å². The molecule has 2 aliphatic heterocycles. The summed E-state index contributed by atoms with van der Waals surface area (Å²) in [5.74, 6) is 2.85. The Labute approximate surface area is 225 Å². The van der Waals surface area contributed by atoms with E-state index in [1.807, 2.05) is 6.20 Å². The molecular formula is C27H39N7O3S. The van der Waals surface area contributed by atoms with E-state index < -0.39 is 9.84 Å². The average molecular weight is 542 g/mol. The largest absolute Gasteiger partial charge is 0.493 e. The summed E-state index contributed by atoms with van der Waals surface area (Å²) in [6, 6.07) is 5.06. The molecule has 0 aliphatic carbocycles. The summed E-state index contributed by atoms with van der Waals surface area (Å²) in [6.45, 7) is 9.14. The van der Waals surface area contributed by atoms with Gasteiger partial charge in [-0.05, 0) is 75.2 Å². The quantitative estimate of drug-likeness (QED) is 0.511. The Balaban J connectivity index is 1.56. The van der Waals surface area contributed by atoms with Crippen molar-refractivity contribution in [1.29, 1.82) is 0 Å². The molecule has 0 radical (unpaired) electrons. The average Bonchev–Trinajstić information content (AvgIpc) is 3.33.